The second kappa shape index (κ2) is 9.18. The molecule has 146 valence electrons. The van der Waals surface area contributed by atoms with Gasteiger partial charge in [0, 0.05) is 17.8 Å². The molecule has 0 unspecified atom stereocenters. The van der Waals surface area contributed by atoms with Gasteiger partial charge in [-0.15, -0.1) is 0 Å². The minimum absolute atomic E-state index is 0.428. The predicted molar refractivity (Wildman–Crippen MR) is 105 cm³/mol. The van der Waals surface area contributed by atoms with Gasteiger partial charge in [0.1, 0.15) is 23.0 Å². The van der Waals surface area contributed by atoms with Crippen molar-refractivity contribution in [1.29, 1.82) is 0 Å². The van der Waals surface area contributed by atoms with E-state index in [-0.39, 0.29) is 0 Å². The fourth-order valence-electron chi connectivity index (χ4n) is 2.34. The van der Waals surface area contributed by atoms with Gasteiger partial charge in [0.15, 0.2) is 0 Å². The Bertz CT molecular complexity index is 866. The van der Waals surface area contributed by atoms with Crippen LogP contribution in [-0.2, 0) is 10.0 Å². The van der Waals surface area contributed by atoms with Crippen molar-refractivity contribution in [2.24, 2.45) is 0 Å². The SMILES string of the molecule is CCOc1ccc(NS(=O)(=O)/C=C/c2c(OC)cc(OC)cc2OC)cc1. The Hall–Kier alpha value is -2.87. The summed E-state index contributed by atoms with van der Waals surface area (Å²) in [7, 11) is 0.754. The van der Waals surface area contributed by atoms with Gasteiger partial charge >= 0.3 is 0 Å². The number of ether oxygens (including phenoxy) is 4. The van der Waals surface area contributed by atoms with E-state index >= 15 is 0 Å². The smallest absolute Gasteiger partial charge is 0.255 e. The lowest BCUT2D eigenvalue weighted by molar-refractivity contribution is 0.340. The van der Waals surface area contributed by atoms with Gasteiger partial charge in [0.05, 0.1) is 38.9 Å². The Morgan fingerprint density at radius 3 is 2.00 bits per heavy atom. The molecule has 2 aromatic carbocycles. The van der Waals surface area contributed by atoms with E-state index in [9.17, 15) is 8.42 Å². The molecule has 0 atom stereocenters. The Morgan fingerprint density at radius 1 is 0.926 bits per heavy atom. The van der Waals surface area contributed by atoms with E-state index in [1.807, 2.05) is 6.92 Å². The summed E-state index contributed by atoms with van der Waals surface area (Å²) in [5, 5.41) is 1.05. The fourth-order valence-corrected chi connectivity index (χ4v) is 3.19. The first kappa shape index (κ1) is 20.4. The van der Waals surface area contributed by atoms with Crippen LogP contribution in [0.2, 0.25) is 0 Å². The summed E-state index contributed by atoms with van der Waals surface area (Å²) >= 11 is 0. The molecule has 0 aliphatic heterocycles. The van der Waals surface area contributed by atoms with Gasteiger partial charge in [-0.3, -0.25) is 4.72 Å². The third kappa shape index (κ3) is 5.55. The lowest BCUT2D eigenvalue weighted by Gasteiger charge is -2.12. The van der Waals surface area contributed by atoms with Crippen LogP contribution in [0.25, 0.3) is 6.08 Å². The van der Waals surface area contributed by atoms with E-state index in [0.717, 1.165) is 5.41 Å². The molecule has 0 aliphatic carbocycles. The number of anilines is 1. The topological polar surface area (TPSA) is 83.1 Å². The van der Waals surface area contributed by atoms with Crippen molar-refractivity contribution in [2.45, 2.75) is 6.92 Å². The maximum atomic E-state index is 12.4. The van der Waals surface area contributed by atoms with Crippen LogP contribution < -0.4 is 23.7 Å². The molecule has 1 N–H and O–H groups in total. The van der Waals surface area contributed by atoms with Crippen LogP contribution in [-0.4, -0.2) is 36.4 Å². The van der Waals surface area contributed by atoms with Crippen molar-refractivity contribution in [3.05, 3.63) is 47.4 Å². The zero-order valence-electron chi connectivity index (χ0n) is 15.7. The number of rotatable bonds is 9. The van der Waals surface area contributed by atoms with Crippen LogP contribution in [0.15, 0.2) is 41.8 Å². The van der Waals surface area contributed by atoms with Crippen LogP contribution in [0.3, 0.4) is 0 Å². The molecule has 0 spiro atoms. The molecule has 0 heterocycles. The second-order valence-corrected chi connectivity index (χ2v) is 6.92. The highest BCUT2D eigenvalue weighted by atomic mass is 32.2. The molecule has 0 aromatic heterocycles. The number of methoxy groups -OCH3 is 3. The second-order valence-electron chi connectivity index (χ2n) is 5.35. The van der Waals surface area contributed by atoms with E-state index in [1.54, 1.807) is 36.4 Å². The molecule has 0 aliphatic rings. The molecular weight excluding hydrogens is 370 g/mol. The molecule has 0 saturated heterocycles. The average Bonchev–Trinajstić information content (AvgIpc) is 2.67. The van der Waals surface area contributed by atoms with E-state index in [0.29, 0.717) is 40.9 Å². The van der Waals surface area contributed by atoms with E-state index in [4.69, 9.17) is 18.9 Å². The summed E-state index contributed by atoms with van der Waals surface area (Å²) in [5.74, 6) is 2.07. The van der Waals surface area contributed by atoms with Gasteiger partial charge in [0.25, 0.3) is 10.0 Å². The Morgan fingerprint density at radius 2 is 1.52 bits per heavy atom. The highest BCUT2D eigenvalue weighted by Crippen LogP contribution is 2.35. The standard InChI is InChI=1S/C19H23NO6S/c1-5-26-15-8-6-14(7-9-15)20-27(21,22)11-10-17-18(24-3)12-16(23-2)13-19(17)25-4/h6-13,20H,5H2,1-4H3/b11-10+. The minimum atomic E-state index is -3.74. The van der Waals surface area contributed by atoms with Crippen LogP contribution >= 0.6 is 0 Å². The highest BCUT2D eigenvalue weighted by Gasteiger charge is 2.13. The van der Waals surface area contributed by atoms with Crippen molar-refractivity contribution in [3.8, 4) is 23.0 Å². The van der Waals surface area contributed by atoms with Gasteiger partial charge in [-0.05, 0) is 37.3 Å². The lowest BCUT2D eigenvalue weighted by atomic mass is 10.1. The molecule has 7 nitrogen and oxygen atoms in total. The van der Waals surface area contributed by atoms with E-state index < -0.39 is 10.0 Å². The Balaban J connectivity index is 2.25. The summed E-state index contributed by atoms with van der Waals surface area (Å²) in [5.41, 5.74) is 0.912. The molecule has 0 fully saturated rings. The summed E-state index contributed by atoms with van der Waals surface area (Å²) < 4.78 is 48.4. The van der Waals surface area contributed by atoms with Crippen LogP contribution in [0.1, 0.15) is 12.5 Å². The first-order chi connectivity index (χ1) is 12.9. The lowest BCUT2D eigenvalue weighted by Crippen LogP contribution is -2.08. The van der Waals surface area contributed by atoms with Crippen molar-refractivity contribution in [3.63, 3.8) is 0 Å². The molecule has 2 aromatic rings. The number of sulfonamides is 1. The number of hydrogen-bond acceptors (Lipinski definition) is 6. The largest absolute Gasteiger partial charge is 0.496 e. The molecule has 0 saturated carbocycles. The van der Waals surface area contributed by atoms with Crippen LogP contribution in [0.5, 0.6) is 23.0 Å². The molecule has 0 amide bonds. The summed E-state index contributed by atoms with van der Waals surface area (Å²) in [6.45, 7) is 2.42. The normalized spacial score (nSPS) is 11.3. The van der Waals surface area contributed by atoms with Crippen LogP contribution in [0.4, 0.5) is 5.69 Å². The number of benzene rings is 2. The van der Waals surface area contributed by atoms with Gasteiger partial charge in [0.2, 0.25) is 0 Å². The molecule has 2 rings (SSSR count). The third-order valence-corrected chi connectivity index (χ3v) is 4.61. The van der Waals surface area contributed by atoms with Crippen LogP contribution in [0, 0.1) is 0 Å². The summed E-state index contributed by atoms with van der Waals surface area (Å²) in [6.07, 6.45) is 1.41. The number of hydrogen-bond donors (Lipinski definition) is 1. The molecule has 0 radical (unpaired) electrons. The van der Waals surface area contributed by atoms with E-state index in [2.05, 4.69) is 4.72 Å². The average molecular weight is 393 g/mol. The Labute approximate surface area is 159 Å². The zero-order valence-corrected chi connectivity index (χ0v) is 16.5. The van der Waals surface area contributed by atoms with Crippen molar-refractivity contribution >= 4 is 21.8 Å². The van der Waals surface area contributed by atoms with E-state index in [1.165, 1.54) is 27.4 Å². The third-order valence-electron chi connectivity index (χ3n) is 3.59. The number of nitrogens with one attached hydrogen (secondary N) is 1. The van der Waals surface area contributed by atoms with Gasteiger partial charge in [-0.25, -0.2) is 8.42 Å². The van der Waals surface area contributed by atoms with Crippen molar-refractivity contribution in [2.75, 3.05) is 32.7 Å². The zero-order chi connectivity index (χ0) is 19.9. The maximum absolute atomic E-state index is 12.4. The summed E-state index contributed by atoms with van der Waals surface area (Å²) in [6, 6.07) is 9.94. The van der Waals surface area contributed by atoms with Crippen molar-refractivity contribution in [1.82, 2.24) is 0 Å². The van der Waals surface area contributed by atoms with Crippen molar-refractivity contribution < 1.29 is 27.4 Å². The first-order valence-electron chi connectivity index (χ1n) is 8.16. The molecule has 8 heteroatoms. The highest BCUT2D eigenvalue weighted by molar-refractivity contribution is 7.95. The van der Waals surface area contributed by atoms with Gasteiger partial charge < -0.3 is 18.9 Å². The van der Waals surface area contributed by atoms with Gasteiger partial charge in [-0.2, -0.15) is 0 Å². The first-order valence-corrected chi connectivity index (χ1v) is 9.70. The quantitative estimate of drug-likeness (QED) is 0.702. The molecule has 27 heavy (non-hydrogen) atoms. The fraction of sp³-hybridized carbons (Fsp3) is 0.263. The maximum Gasteiger partial charge on any atom is 0.255 e. The monoisotopic (exact) mass is 393 g/mol. The minimum Gasteiger partial charge on any atom is -0.496 e. The molecular formula is C19H23NO6S. The van der Waals surface area contributed by atoms with Gasteiger partial charge in [-0.1, -0.05) is 0 Å². The Kier molecular flexibility index (Phi) is 6.95. The summed E-state index contributed by atoms with van der Waals surface area (Å²) in [4.78, 5) is 0. The molecule has 0 bridgehead atoms. The predicted octanol–water partition coefficient (Wildman–Crippen LogP) is 3.52.